The van der Waals surface area contributed by atoms with Gasteiger partial charge in [0.2, 0.25) is 5.56 Å². The van der Waals surface area contributed by atoms with Crippen molar-refractivity contribution < 1.29 is 34.0 Å². The molecule has 294 valence electrons. The van der Waals surface area contributed by atoms with E-state index in [9.17, 15) is 24.6 Å². The summed E-state index contributed by atoms with van der Waals surface area (Å²) >= 11 is 0. The number of aliphatic hydroxyl groups excluding tert-OH is 1. The number of fused-ring (bicyclic) bond motifs is 4. The van der Waals surface area contributed by atoms with Gasteiger partial charge in [0.05, 0.1) is 30.0 Å². The van der Waals surface area contributed by atoms with E-state index in [4.69, 9.17) is 14.2 Å². The summed E-state index contributed by atoms with van der Waals surface area (Å²) < 4.78 is 19.2. The third-order valence-electron chi connectivity index (χ3n) is 10.6. The Morgan fingerprint density at radius 2 is 1.79 bits per heavy atom. The van der Waals surface area contributed by atoms with E-state index in [0.717, 1.165) is 43.6 Å². The van der Waals surface area contributed by atoms with Crippen LogP contribution < -0.4 is 20.9 Å². The number of amides is 1. The van der Waals surface area contributed by atoms with Crippen molar-refractivity contribution in [2.24, 2.45) is 13.0 Å². The molecule has 3 aromatic carbocycles. The van der Waals surface area contributed by atoms with Gasteiger partial charge in [-0.05, 0) is 98.3 Å². The van der Waals surface area contributed by atoms with Crippen LogP contribution in [0.4, 0.5) is 4.79 Å². The molecule has 8 rings (SSSR count). The SMILES string of the molecule is Cn1nc(C(=O)OCCCCNCC(O)c2ccc(O)c3[nH]c(=O)ccc23)cc1COc1cccc(C(NC(=O)OC2CN3CCC2CC3)c2ccccc2)c1. The van der Waals surface area contributed by atoms with Crippen molar-refractivity contribution in [3.63, 3.8) is 0 Å². The minimum atomic E-state index is -0.855. The standard InChI is InChI=1S/C42H48N6O8/c1-47-30(23-34(46-47)41(52)54-21-6-5-18-43-24-36(50)32-12-14-35(49)40-33(32)13-15-38(51)44-40)26-55-31-11-7-10-29(22-31)39(28-8-3-2-4-9-28)45-42(53)56-37-25-48-19-16-27(37)17-20-48/h2-4,7-15,22-23,27,36-37,39,43,49-50H,5-6,16-21,24-26H2,1H3,(H,44,51)(H,45,53). The van der Waals surface area contributed by atoms with Crippen LogP contribution in [-0.4, -0.2) is 87.4 Å². The quantitative estimate of drug-likeness (QED) is 0.0694. The number of rotatable bonds is 16. The molecule has 14 heteroatoms. The number of aromatic nitrogens is 3. The molecule has 14 nitrogen and oxygen atoms in total. The lowest BCUT2D eigenvalue weighted by Crippen LogP contribution is -2.52. The summed E-state index contributed by atoms with van der Waals surface area (Å²) in [4.78, 5) is 42.7. The van der Waals surface area contributed by atoms with Crippen molar-refractivity contribution in [2.75, 3.05) is 39.3 Å². The van der Waals surface area contributed by atoms with Crippen molar-refractivity contribution in [2.45, 2.75) is 50.5 Å². The molecule has 3 saturated heterocycles. The van der Waals surface area contributed by atoms with Crippen LogP contribution in [0, 0.1) is 5.92 Å². The molecular weight excluding hydrogens is 716 g/mol. The highest BCUT2D eigenvalue weighted by molar-refractivity contribution is 5.88. The number of benzene rings is 3. The van der Waals surface area contributed by atoms with Crippen LogP contribution in [0.2, 0.25) is 0 Å². The highest BCUT2D eigenvalue weighted by Gasteiger charge is 2.37. The summed E-state index contributed by atoms with van der Waals surface area (Å²) in [6.07, 6.45) is 2.02. The van der Waals surface area contributed by atoms with Crippen LogP contribution in [0.25, 0.3) is 10.9 Å². The van der Waals surface area contributed by atoms with Gasteiger partial charge in [0.25, 0.3) is 0 Å². The van der Waals surface area contributed by atoms with Crippen LogP contribution in [0.5, 0.6) is 11.5 Å². The number of hydrogen-bond donors (Lipinski definition) is 5. The minimum Gasteiger partial charge on any atom is -0.506 e. The Labute approximate surface area is 324 Å². The van der Waals surface area contributed by atoms with E-state index in [2.05, 4.69) is 25.6 Å². The zero-order chi connectivity index (χ0) is 39.0. The number of nitrogens with zero attached hydrogens (tertiary/aromatic N) is 3. The number of unbranched alkanes of at least 4 members (excludes halogenated alkanes) is 1. The number of carbonyl (C=O) groups is 2. The number of aromatic amines is 1. The summed E-state index contributed by atoms with van der Waals surface area (Å²) in [7, 11) is 1.74. The number of aryl methyl sites for hydroxylation is 1. The molecule has 3 fully saturated rings. The fourth-order valence-corrected chi connectivity index (χ4v) is 7.51. The molecular formula is C42H48N6O8. The van der Waals surface area contributed by atoms with Gasteiger partial charge in [-0.25, -0.2) is 9.59 Å². The molecule has 5 aromatic rings. The Morgan fingerprint density at radius 1 is 0.982 bits per heavy atom. The molecule has 0 aliphatic carbocycles. The predicted molar refractivity (Wildman–Crippen MR) is 208 cm³/mol. The van der Waals surface area contributed by atoms with Crippen LogP contribution in [0.3, 0.4) is 0 Å². The van der Waals surface area contributed by atoms with Crippen LogP contribution in [0.15, 0.2) is 89.7 Å². The van der Waals surface area contributed by atoms with Crippen molar-refractivity contribution in [3.05, 3.63) is 123 Å². The second kappa shape index (κ2) is 17.8. The van der Waals surface area contributed by atoms with Gasteiger partial charge in [-0.1, -0.05) is 48.5 Å². The number of nitrogens with one attached hydrogen (secondary N) is 3. The Morgan fingerprint density at radius 3 is 2.57 bits per heavy atom. The van der Waals surface area contributed by atoms with Gasteiger partial charge in [0.1, 0.15) is 24.2 Å². The van der Waals surface area contributed by atoms with Crippen molar-refractivity contribution >= 4 is 23.0 Å². The lowest BCUT2D eigenvalue weighted by molar-refractivity contribution is -0.0336. The van der Waals surface area contributed by atoms with E-state index in [1.807, 2.05) is 54.6 Å². The molecule has 3 atom stereocenters. The van der Waals surface area contributed by atoms with Crippen LogP contribution in [0.1, 0.15) is 70.7 Å². The number of alkyl carbamates (subject to hydrolysis) is 1. The zero-order valence-corrected chi connectivity index (χ0v) is 31.4. The maximum atomic E-state index is 13.2. The Bertz CT molecular complexity index is 2180. The number of carbonyl (C=O) groups excluding carboxylic acids is 2. The number of hydrogen-bond acceptors (Lipinski definition) is 11. The molecule has 56 heavy (non-hydrogen) atoms. The smallest absolute Gasteiger partial charge is 0.408 e. The van der Waals surface area contributed by atoms with Crippen molar-refractivity contribution in [1.82, 2.24) is 30.3 Å². The molecule has 5 heterocycles. The van der Waals surface area contributed by atoms with Gasteiger partial charge >= 0.3 is 12.1 Å². The number of esters is 1. The first-order chi connectivity index (χ1) is 27.2. The highest BCUT2D eigenvalue weighted by Crippen LogP contribution is 2.31. The second-order valence-corrected chi connectivity index (χ2v) is 14.4. The molecule has 0 radical (unpaired) electrons. The number of aliphatic hydroxyl groups is 1. The summed E-state index contributed by atoms with van der Waals surface area (Å²) in [5.74, 6) is 0.409. The van der Waals surface area contributed by atoms with Gasteiger partial charge in [-0.15, -0.1) is 0 Å². The van der Waals surface area contributed by atoms with E-state index in [0.29, 0.717) is 47.7 Å². The average Bonchev–Trinajstić information content (AvgIpc) is 3.60. The summed E-state index contributed by atoms with van der Waals surface area (Å²) in [6.45, 7) is 4.13. The fourth-order valence-electron chi connectivity index (χ4n) is 7.51. The number of aromatic hydroxyl groups is 1. The molecule has 3 unspecified atom stereocenters. The second-order valence-electron chi connectivity index (χ2n) is 14.4. The summed E-state index contributed by atoms with van der Waals surface area (Å²) in [6, 6.07) is 24.5. The Hall–Kier alpha value is -5.70. The van der Waals surface area contributed by atoms with E-state index in [1.165, 1.54) is 12.1 Å². The summed E-state index contributed by atoms with van der Waals surface area (Å²) in [5.41, 5.74) is 3.15. The first-order valence-electron chi connectivity index (χ1n) is 19.1. The molecule has 0 saturated carbocycles. The first-order valence-corrected chi connectivity index (χ1v) is 19.1. The van der Waals surface area contributed by atoms with Gasteiger partial charge < -0.3 is 40.0 Å². The Kier molecular flexibility index (Phi) is 12.3. The van der Waals surface area contributed by atoms with Crippen LogP contribution >= 0.6 is 0 Å². The van der Waals surface area contributed by atoms with Crippen molar-refractivity contribution in [1.29, 1.82) is 0 Å². The first kappa shape index (κ1) is 38.6. The monoisotopic (exact) mass is 764 g/mol. The van der Waals surface area contributed by atoms with E-state index >= 15 is 0 Å². The molecule has 2 aromatic heterocycles. The largest absolute Gasteiger partial charge is 0.506 e. The van der Waals surface area contributed by atoms with E-state index in [1.54, 1.807) is 29.9 Å². The number of phenols is 1. The normalized spacial score (nSPS) is 18.6. The lowest BCUT2D eigenvalue weighted by Gasteiger charge is -2.43. The van der Waals surface area contributed by atoms with Gasteiger partial charge in [-0.3, -0.25) is 14.4 Å². The minimum absolute atomic E-state index is 0.0603. The maximum absolute atomic E-state index is 13.2. The number of phenolic OH excluding ortho intramolecular Hbond substituents is 1. The topological polar surface area (TPSA) is 180 Å². The zero-order valence-electron chi connectivity index (χ0n) is 31.4. The third-order valence-corrected chi connectivity index (χ3v) is 10.6. The number of piperidine rings is 3. The maximum Gasteiger partial charge on any atom is 0.408 e. The molecule has 3 aliphatic heterocycles. The average molecular weight is 765 g/mol. The van der Waals surface area contributed by atoms with E-state index in [-0.39, 0.29) is 48.4 Å². The number of ether oxygens (including phenoxy) is 3. The Balaban J connectivity index is 0.867. The van der Waals surface area contributed by atoms with Gasteiger partial charge in [0.15, 0.2) is 5.69 Å². The van der Waals surface area contributed by atoms with E-state index < -0.39 is 24.2 Å². The lowest BCUT2D eigenvalue weighted by atomic mass is 9.86. The number of pyridine rings is 1. The molecule has 5 N–H and O–H groups in total. The molecule has 0 spiro atoms. The van der Waals surface area contributed by atoms with Gasteiger partial charge in [-0.2, -0.15) is 5.10 Å². The number of H-pyrrole nitrogens is 1. The van der Waals surface area contributed by atoms with Gasteiger partial charge in [0, 0.05) is 31.6 Å². The highest BCUT2D eigenvalue weighted by atomic mass is 16.6. The van der Waals surface area contributed by atoms with Crippen LogP contribution in [-0.2, 0) is 23.1 Å². The third kappa shape index (κ3) is 9.39. The van der Waals surface area contributed by atoms with Crippen molar-refractivity contribution in [3.8, 4) is 11.5 Å². The predicted octanol–water partition coefficient (Wildman–Crippen LogP) is 4.72. The molecule has 3 aliphatic rings. The fraction of sp³-hybridized carbons (Fsp3) is 0.381. The summed E-state index contributed by atoms with van der Waals surface area (Å²) in [5, 5.41) is 32.0. The molecule has 2 bridgehead atoms. The molecule has 1 amide bonds.